The van der Waals surface area contributed by atoms with Crippen LogP contribution in [0.4, 0.5) is 0 Å². The monoisotopic (exact) mass is 286 g/mol. The molecule has 0 radical (unpaired) electrons. The van der Waals surface area contributed by atoms with Gasteiger partial charge in [-0.05, 0) is 35.4 Å². The molecule has 0 amide bonds. The second-order valence-electron chi connectivity index (χ2n) is 4.08. The first kappa shape index (κ1) is 14.0. The van der Waals surface area contributed by atoms with Gasteiger partial charge in [0.2, 0.25) is 0 Å². The summed E-state index contributed by atoms with van der Waals surface area (Å²) in [5.74, 6) is 0.913. The maximum atomic E-state index is 5.88. The lowest BCUT2D eigenvalue weighted by atomic mass is 10.1. The summed E-state index contributed by atoms with van der Waals surface area (Å²) in [4.78, 5) is 1.27. The smallest absolute Gasteiger partial charge is 0.0406 e. The Labute approximate surface area is 123 Å². The minimum atomic E-state index is 0.760. The van der Waals surface area contributed by atoms with Gasteiger partial charge < -0.3 is 0 Å². The van der Waals surface area contributed by atoms with Crippen molar-refractivity contribution >= 4 is 29.4 Å². The van der Waals surface area contributed by atoms with Crippen LogP contribution in [0.15, 0.2) is 77.7 Å². The van der Waals surface area contributed by atoms with Crippen LogP contribution in [0, 0.1) is 0 Å². The summed E-state index contributed by atoms with van der Waals surface area (Å²) in [6, 6.07) is 18.2. The fourth-order valence-electron chi connectivity index (χ4n) is 1.62. The van der Waals surface area contributed by atoms with Crippen molar-refractivity contribution in [3.8, 4) is 0 Å². The standard InChI is InChI=1S/C17H15ClS/c1-2-14(12-15-8-10-16(18)11-9-15)13-19-17-6-4-3-5-7-17/h2-12H,1,13H2/b14-12+. The summed E-state index contributed by atoms with van der Waals surface area (Å²) < 4.78 is 0. The van der Waals surface area contributed by atoms with E-state index in [1.807, 2.05) is 48.2 Å². The highest BCUT2D eigenvalue weighted by Gasteiger charge is 1.97. The number of benzene rings is 2. The molecule has 0 saturated carbocycles. The Morgan fingerprint density at radius 2 is 1.74 bits per heavy atom. The van der Waals surface area contributed by atoms with E-state index in [9.17, 15) is 0 Å². The minimum Gasteiger partial charge on any atom is -0.121 e. The van der Waals surface area contributed by atoms with Crippen molar-refractivity contribution in [2.45, 2.75) is 4.90 Å². The minimum absolute atomic E-state index is 0.760. The normalized spacial score (nSPS) is 11.3. The average Bonchev–Trinajstić information content (AvgIpc) is 2.46. The number of hydrogen-bond acceptors (Lipinski definition) is 1. The quantitative estimate of drug-likeness (QED) is 0.502. The number of allylic oxidation sites excluding steroid dienone is 1. The molecule has 0 unspecified atom stereocenters. The van der Waals surface area contributed by atoms with E-state index in [4.69, 9.17) is 11.6 Å². The van der Waals surface area contributed by atoms with Crippen LogP contribution in [0.2, 0.25) is 5.02 Å². The van der Waals surface area contributed by atoms with Crippen LogP contribution in [0.1, 0.15) is 5.56 Å². The van der Waals surface area contributed by atoms with E-state index < -0.39 is 0 Å². The Kier molecular flexibility index (Phi) is 5.31. The van der Waals surface area contributed by atoms with E-state index in [1.54, 1.807) is 0 Å². The van der Waals surface area contributed by atoms with Gasteiger partial charge in [-0.2, -0.15) is 0 Å². The van der Waals surface area contributed by atoms with Crippen LogP contribution < -0.4 is 0 Å². The predicted molar refractivity (Wildman–Crippen MR) is 86.8 cm³/mol. The molecular weight excluding hydrogens is 272 g/mol. The third kappa shape index (κ3) is 4.62. The summed E-state index contributed by atoms with van der Waals surface area (Å²) in [6.07, 6.45) is 4.05. The molecule has 0 nitrogen and oxygen atoms in total. The number of thioether (sulfide) groups is 1. The SMILES string of the molecule is C=C/C(=C\c1ccc(Cl)cc1)CSc1ccccc1. The second-order valence-corrected chi connectivity index (χ2v) is 5.56. The fourth-order valence-corrected chi connectivity index (χ4v) is 2.63. The Bertz CT molecular complexity index is 556. The first-order valence-electron chi connectivity index (χ1n) is 6.04. The third-order valence-electron chi connectivity index (χ3n) is 2.63. The third-order valence-corrected chi connectivity index (χ3v) is 3.97. The van der Waals surface area contributed by atoms with Crippen LogP contribution in [0.3, 0.4) is 0 Å². The molecule has 0 atom stereocenters. The maximum absolute atomic E-state index is 5.88. The van der Waals surface area contributed by atoms with Gasteiger partial charge >= 0.3 is 0 Å². The van der Waals surface area contributed by atoms with Gasteiger partial charge in [0.05, 0.1) is 0 Å². The van der Waals surface area contributed by atoms with Crippen molar-refractivity contribution in [1.29, 1.82) is 0 Å². The van der Waals surface area contributed by atoms with E-state index in [-0.39, 0.29) is 0 Å². The van der Waals surface area contributed by atoms with E-state index in [0.29, 0.717) is 0 Å². The molecule has 0 heterocycles. The largest absolute Gasteiger partial charge is 0.121 e. The van der Waals surface area contributed by atoms with Crippen molar-refractivity contribution in [3.63, 3.8) is 0 Å². The molecule has 96 valence electrons. The first-order valence-corrected chi connectivity index (χ1v) is 7.41. The Morgan fingerprint density at radius 1 is 1.05 bits per heavy atom. The highest BCUT2D eigenvalue weighted by Crippen LogP contribution is 2.22. The number of halogens is 1. The molecule has 0 saturated heterocycles. The van der Waals surface area contributed by atoms with Crippen LogP contribution in [-0.2, 0) is 0 Å². The van der Waals surface area contributed by atoms with E-state index >= 15 is 0 Å². The van der Waals surface area contributed by atoms with Gasteiger partial charge in [0.15, 0.2) is 0 Å². The summed E-state index contributed by atoms with van der Waals surface area (Å²) >= 11 is 7.69. The van der Waals surface area contributed by atoms with Crippen molar-refractivity contribution in [2.24, 2.45) is 0 Å². The molecular formula is C17H15ClS. The molecule has 2 rings (SSSR count). The molecule has 0 aliphatic rings. The maximum Gasteiger partial charge on any atom is 0.0406 e. The van der Waals surface area contributed by atoms with Crippen LogP contribution in [0.25, 0.3) is 6.08 Å². The van der Waals surface area contributed by atoms with Gasteiger partial charge in [0, 0.05) is 15.7 Å². The lowest BCUT2D eigenvalue weighted by Gasteiger charge is -2.03. The van der Waals surface area contributed by atoms with E-state index in [1.165, 1.54) is 10.5 Å². The lowest BCUT2D eigenvalue weighted by molar-refractivity contribution is 1.45. The molecule has 0 aliphatic carbocycles. The predicted octanol–water partition coefficient (Wildman–Crippen LogP) is 5.70. The van der Waals surface area contributed by atoms with Gasteiger partial charge in [-0.25, -0.2) is 0 Å². The van der Waals surface area contributed by atoms with Gasteiger partial charge in [-0.3, -0.25) is 0 Å². The molecule has 0 bridgehead atoms. The molecule has 2 heteroatoms. The van der Waals surface area contributed by atoms with Crippen molar-refractivity contribution < 1.29 is 0 Å². The topological polar surface area (TPSA) is 0 Å². The number of rotatable bonds is 5. The summed E-state index contributed by atoms with van der Waals surface area (Å²) in [5, 5.41) is 0.760. The van der Waals surface area contributed by atoms with Crippen molar-refractivity contribution in [1.82, 2.24) is 0 Å². The molecule has 19 heavy (non-hydrogen) atoms. The Hall–Kier alpha value is -1.44. The van der Waals surface area contributed by atoms with Gasteiger partial charge in [-0.1, -0.05) is 60.7 Å². The molecule has 2 aromatic carbocycles. The molecule has 0 aromatic heterocycles. The van der Waals surface area contributed by atoms with E-state index in [0.717, 1.165) is 16.3 Å². The highest BCUT2D eigenvalue weighted by atomic mass is 35.5. The van der Waals surface area contributed by atoms with Gasteiger partial charge in [0.1, 0.15) is 0 Å². The second kappa shape index (κ2) is 7.22. The van der Waals surface area contributed by atoms with Crippen LogP contribution in [-0.4, -0.2) is 5.75 Å². The van der Waals surface area contributed by atoms with Gasteiger partial charge in [0.25, 0.3) is 0 Å². The summed E-state index contributed by atoms with van der Waals surface area (Å²) in [6.45, 7) is 3.88. The zero-order chi connectivity index (χ0) is 13.5. The van der Waals surface area contributed by atoms with Crippen LogP contribution >= 0.6 is 23.4 Å². The van der Waals surface area contributed by atoms with E-state index in [2.05, 4.69) is 36.9 Å². The van der Waals surface area contributed by atoms with Crippen LogP contribution in [0.5, 0.6) is 0 Å². The zero-order valence-corrected chi connectivity index (χ0v) is 12.1. The fraction of sp³-hybridized carbons (Fsp3) is 0.0588. The Morgan fingerprint density at radius 3 is 2.37 bits per heavy atom. The molecule has 0 aliphatic heterocycles. The Balaban J connectivity index is 2.04. The molecule has 0 N–H and O–H groups in total. The van der Waals surface area contributed by atoms with Gasteiger partial charge in [-0.15, -0.1) is 11.8 Å². The highest BCUT2D eigenvalue weighted by molar-refractivity contribution is 7.99. The number of hydrogen-bond donors (Lipinski definition) is 0. The average molecular weight is 287 g/mol. The van der Waals surface area contributed by atoms with Crippen molar-refractivity contribution in [3.05, 3.63) is 83.4 Å². The molecule has 0 spiro atoms. The lowest BCUT2D eigenvalue weighted by Crippen LogP contribution is -1.84. The first-order chi connectivity index (χ1) is 9.28. The zero-order valence-electron chi connectivity index (χ0n) is 10.6. The summed E-state index contributed by atoms with van der Waals surface area (Å²) in [5.41, 5.74) is 2.35. The molecule has 2 aromatic rings. The van der Waals surface area contributed by atoms with Crippen molar-refractivity contribution in [2.75, 3.05) is 5.75 Å². The molecule has 0 fully saturated rings. The summed E-state index contributed by atoms with van der Waals surface area (Å²) in [7, 11) is 0.